The first-order valence-electron chi connectivity index (χ1n) is 6.37. The highest BCUT2D eigenvalue weighted by Crippen LogP contribution is 2.25. The van der Waals surface area contributed by atoms with E-state index >= 15 is 0 Å². The van der Waals surface area contributed by atoms with Gasteiger partial charge in [-0.3, -0.25) is 0 Å². The number of aliphatic hydroxyl groups excluding tert-OH is 1. The lowest BCUT2D eigenvalue weighted by atomic mass is 9.93. The van der Waals surface area contributed by atoms with Crippen molar-refractivity contribution in [3.8, 4) is 0 Å². The molecule has 106 valence electrons. The maximum Gasteiger partial charge on any atom is 0.241 e. The predicted molar refractivity (Wildman–Crippen MR) is 77.5 cm³/mol. The number of rotatable bonds is 3. The van der Waals surface area contributed by atoms with Gasteiger partial charge in [0.15, 0.2) is 0 Å². The number of sulfonamides is 1. The van der Waals surface area contributed by atoms with Crippen LogP contribution in [0.4, 0.5) is 0 Å². The summed E-state index contributed by atoms with van der Waals surface area (Å²) in [4.78, 5) is 0.264. The van der Waals surface area contributed by atoms with E-state index in [1.165, 1.54) is 0 Å². The summed E-state index contributed by atoms with van der Waals surface area (Å²) in [5.74, 6) is 0. The fourth-order valence-electron chi connectivity index (χ4n) is 2.39. The van der Waals surface area contributed by atoms with Crippen molar-refractivity contribution in [3.63, 3.8) is 0 Å². The fraction of sp³-hybridized carbons (Fsp3) is 0.538. The predicted octanol–water partition coefficient (Wildman–Crippen LogP) is 2.34. The summed E-state index contributed by atoms with van der Waals surface area (Å²) in [6.45, 7) is 1.76. The molecule has 1 aliphatic rings. The maximum atomic E-state index is 12.4. The number of nitrogens with one attached hydrogen (secondary N) is 1. The largest absolute Gasteiger partial charge is 0.391 e. The molecule has 0 amide bonds. The Bertz CT molecular complexity index is 559. The Morgan fingerprint density at radius 3 is 2.68 bits per heavy atom. The number of benzene rings is 1. The number of hydrogen-bond donors (Lipinski definition) is 2. The average molecular weight is 348 g/mol. The average Bonchev–Trinajstić information content (AvgIpc) is 2.35. The monoisotopic (exact) mass is 347 g/mol. The Labute approximate surface area is 122 Å². The van der Waals surface area contributed by atoms with Crippen molar-refractivity contribution >= 4 is 26.0 Å². The van der Waals surface area contributed by atoms with E-state index in [2.05, 4.69) is 20.7 Å². The molecule has 1 aliphatic carbocycles. The highest BCUT2D eigenvalue weighted by molar-refractivity contribution is 9.10. The maximum absolute atomic E-state index is 12.4. The Hall–Kier alpha value is -0.430. The molecule has 1 saturated carbocycles. The molecule has 2 rings (SSSR count). The van der Waals surface area contributed by atoms with E-state index in [1.54, 1.807) is 19.1 Å². The lowest BCUT2D eigenvalue weighted by Crippen LogP contribution is -2.45. The van der Waals surface area contributed by atoms with Crippen LogP contribution in [0.15, 0.2) is 27.6 Å². The molecule has 2 unspecified atom stereocenters. The lowest BCUT2D eigenvalue weighted by Gasteiger charge is -2.28. The Morgan fingerprint density at radius 2 is 2.00 bits per heavy atom. The summed E-state index contributed by atoms with van der Waals surface area (Å²) < 4.78 is 28.1. The Kier molecular flexibility index (Phi) is 4.66. The van der Waals surface area contributed by atoms with Crippen LogP contribution in [0.25, 0.3) is 0 Å². The van der Waals surface area contributed by atoms with Gasteiger partial charge in [0.05, 0.1) is 11.0 Å². The van der Waals surface area contributed by atoms with Crippen LogP contribution in [0.1, 0.15) is 31.2 Å². The molecule has 0 spiro atoms. The first-order valence-corrected chi connectivity index (χ1v) is 8.65. The summed E-state index contributed by atoms with van der Waals surface area (Å²) in [5, 5.41) is 9.87. The van der Waals surface area contributed by atoms with Gasteiger partial charge in [-0.05, 0) is 37.5 Å². The van der Waals surface area contributed by atoms with Crippen molar-refractivity contribution in [3.05, 3.63) is 28.2 Å². The highest BCUT2D eigenvalue weighted by atomic mass is 79.9. The second-order valence-corrected chi connectivity index (χ2v) is 7.48. The lowest BCUT2D eigenvalue weighted by molar-refractivity contribution is 0.101. The summed E-state index contributed by atoms with van der Waals surface area (Å²) in [6, 6.07) is 4.71. The molecule has 0 radical (unpaired) electrons. The van der Waals surface area contributed by atoms with Gasteiger partial charge in [0.2, 0.25) is 10.0 Å². The first kappa shape index (κ1) is 15.0. The SMILES string of the molecule is Cc1c(Br)cccc1S(=O)(=O)NC1CCCCC1O. The van der Waals surface area contributed by atoms with Crippen molar-refractivity contribution < 1.29 is 13.5 Å². The van der Waals surface area contributed by atoms with Crippen LogP contribution in [0.3, 0.4) is 0 Å². The zero-order chi connectivity index (χ0) is 14.0. The van der Waals surface area contributed by atoms with Gasteiger partial charge in [0.1, 0.15) is 0 Å². The number of aliphatic hydroxyl groups is 1. The quantitative estimate of drug-likeness (QED) is 0.881. The van der Waals surface area contributed by atoms with Gasteiger partial charge >= 0.3 is 0 Å². The number of hydrogen-bond acceptors (Lipinski definition) is 3. The van der Waals surface area contributed by atoms with E-state index in [4.69, 9.17) is 0 Å². The molecular formula is C13H18BrNO3S. The molecule has 19 heavy (non-hydrogen) atoms. The molecule has 0 heterocycles. The molecule has 0 aromatic heterocycles. The third-order valence-corrected chi connectivity index (χ3v) is 6.04. The van der Waals surface area contributed by atoms with E-state index in [-0.39, 0.29) is 10.9 Å². The first-order chi connectivity index (χ1) is 8.92. The number of halogens is 1. The van der Waals surface area contributed by atoms with Gasteiger partial charge in [-0.25, -0.2) is 13.1 Å². The van der Waals surface area contributed by atoms with Crippen molar-refractivity contribution in [1.82, 2.24) is 4.72 Å². The summed E-state index contributed by atoms with van der Waals surface area (Å²) in [7, 11) is -3.59. The van der Waals surface area contributed by atoms with Crippen LogP contribution in [0.5, 0.6) is 0 Å². The Morgan fingerprint density at radius 1 is 1.32 bits per heavy atom. The summed E-state index contributed by atoms with van der Waals surface area (Å²) in [5.41, 5.74) is 0.681. The minimum atomic E-state index is -3.59. The summed E-state index contributed by atoms with van der Waals surface area (Å²) in [6.07, 6.45) is 2.66. The van der Waals surface area contributed by atoms with Crippen LogP contribution in [-0.4, -0.2) is 25.7 Å². The molecule has 0 saturated heterocycles. The molecule has 1 aromatic rings. The van der Waals surface area contributed by atoms with Gasteiger partial charge in [-0.2, -0.15) is 0 Å². The molecule has 1 aromatic carbocycles. The molecule has 2 atom stereocenters. The van der Waals surface area contributed by atoms with Crippen molar-refractivity contribution in [2.75, 3.05) is 0 Å². The van der Waals surface area contributed by atoms with Crippen molar-refractivity contribution in [1.29, 1.82) is 0 Å². The molecule has 2 N–H and O–H groups in total. The van der Waals surface area contributed by atoms with E-state index in [0.29, 0.717) is 18.4 Å². The second kappa shape index (κ2) is 5.91. The molecule has 0 bridgehead atoms. The molecule has 0 aliphatic heterocycles. The van der Waals surface area contributed by atoms with Gasteiger partial charge in [0.25, 0.3) is 0 Å². The van der Waals surface area contributed by atoms with Gasteiger partial charge < -0.3 is 5.11 Å². The Balaban J connectivity index is 2.25. The minimum absolute atomic E-state index is 0.264. The van der Waals surface area contributed by atoms with Crippen LogP contribution in [0, 0.1) is 6.92 Å². The smallest absolute Gasteiger partial charge is 0.241 e. The fourth-order valence-corrected chi connectivity index (χ4v) is 4.46. The molecular weight excluding hydrogens is 330 g/mol. The normalized spacial score (nSPS) is 24.4. The van der Waals surface area contributed by atoms with E-state index < -0.39 is 16.1 Å². The van der Waals surface area contributed by atoms with Crippen LogP contribution in [-0.2, 0) is 10.0 Å². The minimum Gasteiger partial charge on any atom is -0.391 e. The van der Waals surface area contributed by atoms with E-state index in [0.717, 1.165) is 17.3 Å². The van der Waals surface area contributed by atoms with Gasteiger partial charge in [0, 0.05) is 10.5 Å². The third-order valence-electron chi connectivity index (χ3n) is 3.54. The van der Waals surface area contributed by atoms with Gasteiger partial charge in [-0.1, -0.05) is 34.8 Å². The zero-order valence-electron chi connectivity index (χ0n) is 10.8. The molecule has 1 fully saturated rings. The molecule has 6 heteroatoms. The van der Waals surface area contributed by atoms with Gasteiger partial charge in [-0.15, -0.1) is 0 Å². The van der Waals surface area contributed by atoms with Crippen LogP contribution < -0.4 is 4.72 Å². The van der Waals surface area contributed by atoms with Crippen LogP contribution in [0.2, 0.25) is 0 Å². The highest BCUT2D eigenvalue weighted by Gasteiger charge is 2.28. The summed E-state index contributed by atoms with van der Waals surface area (Å²) >= 11 is 3.33. The third kappa shape index (κ3) is 3.37. The topological polar surface area (TPSA) is 66.4 Å². The van der Waals surface area contributed by atoms with E-state index in [1.807, 2.05) is 6.07 Å². The van der Waals surface area contributed by atoms with Crippen LogP contribution >= 0.6 is 15.9 Å². The standard InChI is InChI=1S/C13H18BrNO3S/c1-9-10(14)5-4-8-13(9)19(17,18)15-11-6-2-3-7-12(11)16/h4-5,8,11-12,15-16H,2-3,6-7H2,1H3. The second-order valence-electron chi connectivity index (χ2n) is 4.94. The zero-order valence-corrected chi connectivity index (χ0v) is 13.2. The van der Waals surface area contributed by atoms with Crippen molar-refractivity contribution in [2.24, 2.45) is 0 Å². The molecule has 4 nitrogen and oxygen atoms in total. The van der Waals surface area contributed by atoms with E-state index in [9.17, 15) is 13.5 Å². The van der Waals surface area contributed by atoms with Crippen molar-refractivity contribution in [2.45, 2.75) is 49.6 Å².